The third-order valence-corrected chi connectivity index (χ3v) is 5.32. The molecule has 6 heteroatoms. The zero-order valence-electron chi connectivity index (χ0n) is 15.6. The van der Waals surface area contributed by atoms with Crippen molar-refractivity contribution in [2.75, 3.05) is 11.9 Å². The fourth-order valence-corrected chi connectivity index (χ4v) is 3.66. The van der Waals surface area contributed by atoms with E-state index in [9.17, 15) is 4.79 Å². The highest BCUT2D eigenvalue weighted by Gasteiger charge is 2.43. The average Bonchev–Trinajstić information content (AvgIpc) is 3.13. The number of rotatable bonds is 5. The zero-order valence-corrected chi connectivity index (χ0v) is 15.6. The first-order chi connectivity index (χ1) is 12.4. The van der Waals surface area contributed by atoms with E-state index in [-0.39, 0.29) is 17.6 Å². The van der Waals surface area contributed by atoms with E-state index in [0.717, 1.165) is 48.5 Å². The summed E-state index contributed by atoms with van der Waals surface area (Å²) in [6.07, 6.45) is 3.34. The molecule has 6 nitrogen and oxygen atoms in total. The number of anilines is 1. The lowest BCUT2D eigenvalue weighted by Crippen LogP contribution is -2.35. The highest BCUT2D eigenvalue weighted by molar-refractivity contribution is 5.89. The largest absolute Gasteiger partial charge is 0.490 e. The first-order valence-electron chi connectivity index (χ1n) is 9.28. The van der Waals surface area contributed by atoms with Gasteiger partial charge in [0.15, 0.2) is 0 Å². The third kappa shape index (κ3) is 3.54. The maximum atomic E-state index is 12.3. The van der Waals surface area contributed by atoms with Crippen molar-refractivity contribution in [2.24, 2.45) is 5.41 Å². The fraction of sp³-hybridized carbons (Fsp3) is 0.500. The van der Waals surface area contributed by atoms with E-state index in [4.69, 9.17) is 4.74 Å². The molecular weight excluding hydrogens is 328 g/mol. The average molecular weight is 354 g/mol. The number of aromatic nitrogens is 2. The molecule has 1 aromatic carbocycles. The van der Waals surface area contributed by atoms with Crippen molar-refractivity contribution >= 4 is 11.7 Å². The number of amides is 2. The molecule has 1 fully saturated rings. The van der Waals surface area contributed by atoms with Gasteiger partial charge in [0.05, 0.1) is 5.69 Å². The molecule has 0 bridgehead atoms. The summed E-state index contributed by atoms with van der Waals surface area (Å²) in [7, 11) is 0. The number of benzene rings is 1. The molecule has 2 heterocycles. The predicted molar refractivity (Wildman–Crippen MR) is 101 cm³/mol. The summed E-state index contributed by atoms with van der Waals surface area (Å²) in [6, 6.07) is 7.76. The van der Waals surface area contributed by atoms with Crippen LogP contribution >= 0.6 is 0 Å². The summed E-state index contributed by atoms with van der Waals surface area (Å²) in [5, 5.41) is 10.5. The van der Waals surface area contributed by atoms with Gasteiger partial charge in [-0.3, -0.25) is 4.68 Å². The molecule has 0 radical (unpaired) electrons. The quantitative estimate of drug-likeness (QED) is 0.864. The summed E-state index contributed by atoms with van der Waals surface area (Å²) in [6.45, 7) is 7.67. The van der Waals surface area contributed by atoms with Gasteiger partial charge < -0.3 is 15.4 Å². The van der Waals surface area contributed by atoms with Crippen LogP contribution in [0.2, 0.25) is 0 Å². The maximum Gasteiger partial charge on any atom is 0.319 e. The molecule has 2 aliphatic rings. The van der Waals surface area contributed by atoms with Gasteiger partial charge in [0.25, 0.3) is 0 Å². The summed E-state index contributed by atoms with van der Waals surface area (Å²) in [4.78, 5) is 12.3. The Morgan fingerprint density at radius 3 is 2.85 bits per heavy atom. The molecule has 4 rings (SSSR count). The molecule has 2 N–H and O–H groups in total. The molecule has 0 saturated heterocycles. The molecule has 1 aromatic heterocycles. The highest BCUT2D eigenvalue weighted by atomic mass is 16.5. The van der Waals surface area contributed by atoms with Crippen molar-refractivity contribution in [3.63, 3.8) is 0 Å². The Bertz CT molecular complexity index is 838. The molecule has 0 spiro atoms. The molecule has 1 unspecified atom stereocenters. The van der Waals surface area contributed by atoms with Crippen LogP contribution < -0.4 is 15.4 Å². The Kier molecular flexibility index (Phi) is 4.13. The summed E-state index contributed by atoms with van der Waals surface area (Å²) in [5.74, 6) is 0.922. The molecule has 26 heavy (non-hydrogen) atoms. The van der Waals surface area contributed by atoms with E-state index in [0.29, 0.717) is 6.54 Å². The first-order valence-corrected chi connectivity index (χ1v) is 9.28. The standard InChI is InChI=1S/C20H26N4O2/c1-13-8-14(2)24(23-13)12-20(6-7-20)11-21-19(25)22-17-4-5-18-16(10-17)9-15(3)26-18/h4-5,8,10,15H,6-7,9,11-12H2,1-3H3,(H2,21,22,25). The van der Waals surface area contributed by atoms with E-state index in [1.54, 1.807) is 0 Å². The number of fused-ring (bicyclic) bond motifs is 1. The Morgan fingerprint density at radius 2 is 2.15 bits per heavy atom. The van der Waals surface area contributed by atoms with Crippen molar-refractivity contribution in [3.05, 3.63) is 41.2 Å². The minimum absolute atomic E-state index is 0.141. The van der Waals surface area contributed by atoms with Gasteiger partial charge in [-0.05, 0) is 63.4 Å². The fourth-order valence-electron chi connectivity index (χ4n) is 3.66. The van der Waals surface area contributed by atoms with Crippen LogP contribution in [0.4, 0.5) is 10.5 Å². The molecular formula is C20H26N4O2. The van der Waals surface area contributed by atoms with Crippen molar-refractivity contribution in [3.8, 4) is 5.75 Å². The van der Waals surface area contributed by atoms with E-state index in [2.05, 4.69) is 40.3 Å². The second-order valence-electron chi connectivity index (χ2n) is 7.85. The van der Waals surface area contributed by atoms with Crippen LogP contribution in [0.3, 0.4) is 0 Å². The molecule has 1 aliphatic heterocycles. The number of hydrogen-bond donors (Lipinski definition) is 2. The topological polar surface area (TPSA) is 68.2 Å². The number of nitrogens with one attached hydrogen (secondary N) is 2. The Balaban J connectivity index is 1.32. The van der Waals surface area contributed by atoms with E-state index in [1.807, 2.05) is 25.1 Å². The van der Waals surface area contributed by atoms with Gasteiger partial charge in [-0.2, -0.15) is 5.10 Å². The highest BCUT2D eigenvalue weighted by Crippen LogP contribution is 2.46. The maximum absolute atomic E-state index is 12.3. The van der Waals surface area contributed by atoms with Crippen LogP contribution in [0.5, 0.6) is 5.75 Å². The first kappa shape index (κ1) is 16.9. The van der Waals surface area contributed by atoms with Crippen LogP contribution in [0, 0.1) is 19.3 Å². The lowest BCUT2D eigenvalue weighted by molar-refractivity contribution is 0.247. The number of ether oxygens (including phenoxy) is 1. The van der Waals surface area contributed by atoms with Crippen molar-refractivity contribution in [2.45, 2.75) is 52.7 Å². The smallest absolute Gasteiger partial charge is 0.319 e. The monoisotopic (exact) mass is 354 g/mol. The molecule has 138 valence electrons. The van der Waals surface area contributed by atoms with Crippen LogP contribution in [-0.2, 0) is 13.0 Å². The van der Waals surface area contributed by atoms with Gasteiger partial charge in [0.1, 0.15) is 11.9 Å². The Hall–Kier alpha value is -2.50. The number of nitrogens with zero attached hydrogens (tertiary/aromatic N) is 2. The van der Waals surface area contributed by atoms with E-state index in [1.165, 1.54) is 5.69 Å². The SMILES string of the molecule is Cc1cc(C)n(CC2(CNC(=O)Nc3ccc4c(c3)CC(C)O4)CC2)n1. The van der Waals surface area contributed by atoms with Crippen LogP contribution in [0.25, 0.3) is 0 Å². The number of aryl methyl sites for hydroxylation is 2. The normalized spacial score (nSPS) is 19.6. The van der Waals surface area contributed by atoms with Gasteiger partial charge in [-0.15, -0.1) is 0 Å². The third-order valence-electron chi connectivity index (χ3n) is 5.32. The van der Waals surface area contributed by atoms with Gasteiger partial charge in [-0.25, -0.2) is 4.79 Å². The molecule has 1 aliphatic carbocycles. The van der Waals surface area contributed by atoms with Crippen molar-refractivity contribution < 1.29 is 9.53 Å². The van der Waals surface area contributed by atoms with E-state index < -0.39 is 0 Å². The number of carbonyl (C=O) groups is 1. The second kappa shape index (κ2) is 6.34. The lowest BCUT2D eigenvalue weighted by atomic mass is 10.1. The minimum Gasteiger partial charge on any atom is -0.490 e. The Labute approximate surface area is 153 Å². The van der Waals surface area contributed by atoms with Gasteiger partial charge in [0, 0.05) is 36.3 Å². The summed E-state index contributed by atoms with van der Waals surface area (Å²) < 4.78 is 7.76. The van der Waals surface area contributed by atoms with Crippen LogP contribution in [0.1, 0.15) is 36.7 Å². The van der Waals surface area contributed by atoms with Gasteiger partial charge in [0.2, 0.25) is 0 Å². The predicted octanol–water partition coefficient (Wildman–Crippen LogP) is 3.43. The summed E-state index contributed by atoms with van der Waals surface area (Å²) >= 11 is 0. The lowest BCUT2D eigenvalue weighted by Gasteiger charge is -2.17. The number of urea groups is 1. The number of hydrogen-bond acceptors (Lipinski definition) is 3. The minimum atomic E-state index is -0.156. The number of carbonyl (C=O) groups excluding carboxylic acids is 1. The van der Waals surface area contributed by atoms with Gasteiger partial charge >= 0.3 is 6.03 Å². The van der Waals surface area contributed by atoms with Crippen molar-refractivity contribution in [1.29, 1.82) is 0 Å². The molecule has 1 saturated carbocycles. The molecule has 2 aromatic rings. The van der Waals surface area contributed by atoms with Gasteiger partial charge in [-0.1, -0.05) is 0 Å². The van der Waals surface area contributed by atoms with Crippen molar-refractivity contribution in [1.82, 2.24) is 15.1 Å². The molecule has 1 atom stereocenters. The van der Waals surface area contributed by atoms with Crippen LogP contribution in [-0.4, -0.2) is 28.5 Å². The Morgan fingerprint density at radius 1 is 1.35 bits per heavy atom. The molecule has 2 amide bonds. The zero-order chi connectivity index (χ0) is 18.3. The van der Waals surface area contributed by atoms with Crippen LogP contribution in [0.15, 0.2) is 24.3 Å². The summed E-state index contributed by atoms with van der Waals surface area (Å²) in [5.41, 5.74) is 4.31. The van der Waals surface area contributed by atoms with E-state index >= 15 is 0 Å². The second-order valence-corrected chi connectivity index (χ2v) is 7.85.